The summed E-state index contributed by atoms with van der Waals surface area (Å²) in [6, 6.07) is 7.67. The molecular weight excluding hydrogens is 361 g/mol. The second kappa shape index (κ2) is 7.28. The van der Waals surface area contributed by atoms with Crippen LogP contribution in [0.4, 0.5) is 13.2 Å². The van der Waals surface area contributed by atoms with Crippen LogP contribution in [-0.4, -0.2) is 38.0 Å². The van der Waals surface area contributed by atoms with Gasteiger partial charge in [0.2, 0.25) is 0 Å². The molecule has 0 aliphatic carbocycles. The van der Waals surface area contributed by atoms with E-state index in [0.29, 0.717) is 5.82 Å². The van der Waals surface area contributed by atoms with E-state index in [-0.39, 0.29) is 17.9 Å². The molecule has 1 atom stereocenters. The summed E-state index contributed by atoms with van der Waals surface area (Å²) in [5.41, 5.74) is -0.472. The molecule has 0 bridgehead atoms. The van der Waals surface area contributed by atoms with E-state index in [1.807, 2.05) is 0 Å². The highest BCUT2D eigenvalue weighted by Crippen LogP contribution is 2.31. The lowest BCUT2D eigenvalue weighted by Gasteiger charge is -2.14. The predicted molar refractivity (Wildman–Crippen MR) is 91.9 cm³/mol. The number of carbonyl (C=O) groups excluding carboxylic acids is 1. The lowest BCUT2D eigenvalue weighted by Crippen LogP contribution is -2.35. The summed E-state index contributed by atoms with van der Waals surface area (Å²) in [6.07, 6.45) is 0.114. The van der Waals surface area contributed by atoms with Crippen LogP contribution in [0.2, 0.25) is 0 Å². The monoisotopic (exact) mass is 378 g/mol. The number of hydrogen-bond acceptors (Lipinski definition) is 3. The number of alkyl halides is 3. The molecule has 2 N–H and O–H groups in total. The summed E-state index contributed by atoms with van der Waals surface area (Å²) in [4.78, 5) is 12.5. The molecule has 9 heteroatoms. The molecular formula is C18H17F3N4O2. The first-order chi connectivity index (χ1) is 12.8. The van der Waals surface area contributed by atoms with Crippen LogP contribution in [0.1, 0.15) is 22.8 Å². The third-order valence-electron chi connectivity index (χ3n) is 3.91. The van der Waals surface area contributed by atoms with Crippen LogP contribution in [0, 0.1) is 0 Å². The van der Waals surface area contributed by atoms with E-state index < -0.39 is 23.7 Å². The number of aliphatic hydroxyl groups is 1. The van der Waals surface area contributed by atoms with E-state index in [4.69, 9.17) is 5.11 Å². The first-order valence-corrected chi connectivity index (χ1v) is 8.12. The van der Waals surface area contributed by atoms with Gasteiger partial charge in [0.15, 0.2) is 5.82 Å². The Bertz CT molecular complexity index is 932. The predicted octanol–water partition coefficient (Wildman–Crippen LogP) is 2.79. The highest BCUT2D eigenvalue weighted by Gasteiger charge is 2.31. The molecule has 2 aromatic heterocycles. The number of aliphatic hydroxyl groups excluding tert-OH is 1. The molecule has 0 aliphatic heterocycles. The van der Waals surface area contributed by atoms with Crippen molar-refractivity contribution in [1.29, 1.82) is 0 Å². The molecule has 0 radical (unpaired) electrons. The Morgan fingerprint density at radius 3 is 2.59 bits per heavy atom. The molecule has 0 spiro atoms. The van der Waals surface area contributed by atoms with Gasteiger partial charge < -0.3 is 15.0 Å². The quantitative estimate of drug-likeness (QED) is 0.717. The molecule has 3 rings (SSSR count). The zero-order valence-corrected chi connectivity index (χ0v) is 14.3. The molecule has 3 aromatic rings. The Balaban J connectivity index is 2.11. The third kappa shape index (κ3) is 3.87. The Labute approximate surface area is 152 Å². The van der Waals surface area contributed by atoms with E-state index in [0.717, 1.165) is 12.1 Å². The standard InChI is InChI=1S/C18H17F3N4O2/c1-12(11-26)23-16(27)15-10-22-25(17(15)24-7-2-3-8-24)14-6-4-5-13(9-14)18(19,20)21/h2-10,12,26H,11H2,1H3,(H,23,27). The van der Waals surface area contributed by atoms with Gasteiger partial charge in [-0.3, -0.25) is 4.79 Å². The molecule has 0 aliphatic rings. The van der Waals surface area contributed by atoms with Crippen molar-refractivity contribution < 1.29 is 23.1 Å². The van der Waals surface area contributed by atoms with Crippen LogP contribution in [0.5, 0.6) is 0 Å². The summed E-state index contributed by atoms with van der Waals surface area (Å²) >= 11 is 0. The average Bonchev–Trinajstić information content (AvgIpc) is 3.30. The first kappa shape index (κ1) is 18.7. The minimum absolute atomic E-state index is 0.169. The number of hydrogen-bond donors (Lipinski definition) is 2. The number of carbonyl (C=O) groups is 1. The van der Waals surface area contributed by atoms with Gasteiger partial charge in [-0.15, -0.1) is 0 Å². The minimum atomic E-state index is -4.49. The maximum Gasteiger partial charge on any atom is 0.416 e. The molecule has 1 amide bonds. The fourth-order valence-electron chi connectivity index (χ4n) is 2.58. The fourth-order valence-corrected chi connectivity index (χ4v) is 2.58. The van der Waals surface area contributed by atoms with E-state index in [1.165, 1.54) is 23.0 Å². The average molecular weight is 378 g/mol. The highest BCUT2D eigenvalue weighted by atomic mass is 19.4. The van der Waals surface area contributed by atoms with Gasteiger partial charge >= 0.3 is 6.18 Å². The van der Waals surface area contributed by atoms with Crippen molar-refractivity contribution in [3.05, 3.63) is 66.1 Å². The van der Waals surface area contributed by atoms with E-state index in [9.17, 15) is 18.0 Å². The zero-order valence-electron chi connectivity index (χ0n) is 14.3. The van der Waals surface area contributed by atoms with Crippen LogP contribution in [-0.2, 0) is 6.18 Å². The first-order valence-electron chi connectivity index (χ1n) is 8.12. The summed E-state index contributed by atoms with van der Waals surface area (Å²) in [5.74, 6) is -0.194. The molecule has 0 fully saturated rings. The molecule has 27 heavy (non-hydrogen) atoms. The Kier molecular flexibility index (Phi) is 5.04. The molecule has 2 heterocycles. The van der Waals surface area contributed by atoms with Crippen molar-refractivity contribution in [1.82, 2.24) is 19.7 Å². The fraction of sp³-hybridized carbons (Fsp3) is 0.222. The van der Waals surface area contributed by atoms with Crippen LogP contribution >= 0.6 is 0 Å². The molecule has 1 unspecified atom stereocenters. The van der Waals surface area contributed by atoms with Crippen molar-refractivity contribution in [3.63, 3.8) is 0 Å². The van der Waals surface area contributed by atoms with Crippen molar-refractivity contribution in [2.75, 3.05) is 6.61 Å². The van der Waals surface area contributed by atoms with Gasteiger partial charge in [-0.1, -0.05) is 6.07 Å². The van der Waals surface area contributed by atoms with Gasteiger partial charge in [0.05, 0.1) is 24.1 Å². The third-order valence-corrected chi connectivity index (χ3v) is 3.91. The zero-order chi connectivity index (χ0) is 19.6. The largest absolute Gasteiger partial charge is 0.416 e. The van der Waals surface area contributed by atoms with Gasteiger partial charge in [0.1, 0.15) is 5.56 Å². The summed E-state index contributed by atoms with van der Waals surface area (Å²) < 4.78 is 42.0. The van der Waals surface area contributed by atoms with E-state index >= 15 is 0 Å². The number of aromatic nitrogens is 3. The summed E-state index contributed by atoms with van der Waals surface area (Å²) in [7, 11) is 0. The molecule has 142 valence electrons. The Morgan fingerprint density at radius 2 is 1.96 bits per heavy atom. The van der Waals surface area contributed by atoms with E-state index in [2.05, 4.69) is 10.4 Å². The van der Waals surface area contributed by atoms with Crippen molar-refractivity contribution in [3.8, 4) is 11.5 Å². The number of nitrogens with one attached hydrogen (secondary N) is 1. The van der Waals surface area contributed by atoms with Crippen molar-refractivity contribution >= 4 is 5.91 Å². The number of nitrogens with zero attached hydrogens (tertiary/aromatic N) is 3. The minimum Gasteiger partial charge on any atom is -0.394 e. The Morgan fingerprint density at radius 1 is 1.26 bits per heavy atom. The summed E-state index contributed by atoms with van der Waals surface area (Å²) in [5, 5.41) is 15.9. The van der Waals surface area contributed by atoms with Gasteiger partial charge in [0.25, 0.3) is 5.91 Å². The van der Waals surface area contributed by atoms with Gasteiger partial charge in [-0.05, 0) is 37.3 Å². The Hall–Kier alpha value is -3.07. The molecule has 0 saturated heterocycles. The van der Waals surface area contributed by atoms with E-state index in [1.54, 1.807) is 36.0 Å². The van der Waals surface area contributed by atoms with Crippen LogP contribution < -0.4 is 5.32 Å². The van der Waals surface area contributed by atoms with Crippen LogP contribution in [0.25, 0.3) is 11.5 Å². The lowest BCUT2D eigenvalue weighted by atomic mass is 10.2. The second-order valence-electron chi connectivity index (χ2n) is 5.99. The number of rotatable bonds is 5. The molecule has 1 aromatic carbocycles. The topological polar surface area (TPSA) is 72.1 Å². The van der Waals surface area contributed by atoms with Crippen LogP contribution in [0.15, 0.2) is 55.0 Å². The SMILES string of the molecule is CC(CO)NC(=O)c1cnn(-c2cccc(C(F)(F)F)c2)c1-n1cccc1. The van der Waals surface area contributed by atoms with Gasteiger partial charge in [0, 0.05) is 18.4 Å². The maximum atomic E-state index is 13.1. The van der Waals surface area contributed by atoms with Gasteiger partial charge in [-0.25, -0.2) is 4.68 Å². The number of amides is 1. The van der Waals surface area contributed by atoms with Crippen molar-refractivity contribution in [2.24, 2.45) is 0 Å². The van der Waals surface area contributed by atoms with Crippen LogP contribution in [0.3, 0.4) is 0 Å². The van der Waals surface area contributed by atoms with Gasteiger partial charge in [-0.2, -0.15) is 18.3 Å². The molecule has 0 saturated carbocycles. The number of benzene rings is 1. The normalized spacial score (nSPS) is 12.8. The highest BCUT2D eigenvalue weighted by molar-refractivity contribution is 5.97. The van der Waals surface area contributed by atoms with Crippen molar-refractivity contribution in [2.45, 2.75) is 19.1 Å². The second-order valence-corrected chi connectivity index (χ2v) is 5.99. The maximum absolute atomic E-state index is 13.1. The summed E-state index contributed by atoms with van der Waals surface area (Å²) in [6.45, 7) is 1.39. The smallest absolute Gasteiger partial charge is 0.394 e. The lowest BCUT2D eigenvalue weighted by molar-refractivity contribution is -0.137. The number of halogens is 3. The molecule has 6 nitrogen and oxygen atoms in total.